The van der Waals surface area contributed by atoms with E-state index in [0.29, 0.717) is 17.5 Å². The molecule has 0 amide bonds. The predicted molar refractivity (Wildman–Crippen MR) is 228 cm³/mol. The summed E-state index contributed by atoms with van der Waals surface area (Å²) >= 11 is 0. The summed E-state index contributed by atoms with van der Waals surface area (Å²) in [5, 5.41) is 7.14. The topological polar surface area (TPSA) is 41.9 Å². The van der Waals surface area contributed by atoms with Gasteiger partial charge in [0.05, 0.1) is 11.4 Å². The lowest BCUT2D eigenvalue weighted by Crippen LogP contribution is -2.15. The number of benzene rings is 9. The second-order valence-corrected chi connectivity index (χ2v) is 14.1. The van der Waals surface area contributed by atoms with Gasteiger partial charge in [-0.25, -0.2) is 15.0 Å². The molecule has 0 saturated heterocycles. The molecule has 4 heteroatoms. The van der Waals surface area contributed by atoms with Gasteiger partial charge >= 0.3 is 0 Å². The van der Waals surface area contributed by atoms with Crippen LogP contribution in [-0.2, 0) is 0 Å². The second-order valence-electron chi connectivity index (χ2n) is 14.1. The summed E-state index contributed by atoms with van der Waals surface area (Å²) in [5.74, 6) is 1.94. The molecule has 256 valence electrons. The maximum absolute atomic E-state index is 5.15. The number of nitrogens with zero attached hydrogens (tertiary/aromatic N) is 4. The Morgan fingerprint density at radius 3 is 1.58 bits per heavy atom. The van der Waals surface area contributed by atoms with Crippen molar-refractivity contribution in [2.24, 2.45) is 0 Å². The molecule has 0 radical (unpaired) electrons. The average molecular weight is 701 g/mol. The first-order chi connectivity index (χ1) is 27.2. The zero-order valence-corrected chi connectivity index (χ0v) is 29.8. The molecule has 1 aliphatic heterocycles. The lowest BCUT2D eigenvalue weighted by atomic mass is 9.87. The van der Waals surface area contributed by atoms with Crippen molar-refractivity contribution in [3.63, 3.8) is 0 Å². The summed E-state index contributed by atoms with van der Waals surface area (Å²) < 4.78 is 0. The molecular formula is C51H32N4. The van der Waals surface area contributed by atoms with Crippen LogP contribution >= 0.6 is 0 Å². The van der Waals surface area contributed by atoms with E-state index in [1.165, 1.54) is 49.2 Å². The Labute approximate surface area is 318 Å². The summed E-state index contributed by atoms with van der Waals surface area (Å²) in [6.45, 7) is 0. The van der Waals surface area contributed by atoms with Crippen LogP contribution in [0.4, 0.5) is 17.1 Å². The minimum Gasteiger partial charge on any atom is -0.309 e. The van der Waals surface area contributed by atoms with Crippen LogP contribution in [0.15, 0.2) is 194 Å². The molecule has 55 heavy (non-hydrogen) atoms. The van der Waals surface area contributed by atoms with Gasteiger partial charge in [0.15, 0.2) is 17.5 Å². The normalized spacial score (nSPS) is 12.0. The minimum atomic E-state index is 0.643. The van der Waals surface area contributed by atoms with Crippen LogP contribution < -0.4 is 4.90 Å². The third kappa shape index (κ3) is 5.26. The molecule has 1 aliphatic rings. The highest BCUT2D eigenvalue weighted by atomic mass is 15.2. The van der Waals surface area contributed by atoms with Gasteiger partial charge in [0, 0.05) is 33.3 Å². The van der Waals surface area contributed by atoms with Crippen molar-refractivity contribution >= 4 is 49.4 Å². The fourth-order valence-corrected chi connectivity index (χ4v) is 8.14. The zero-order valence-electron chi connectivity index (χ0n) is 29.8. The van der Waals surface area contributed by atoms with E-state index in [1.807, 2.05) is 36.4 Å². The van der Waals surface area contributed by atoms with Crippen molar-refractivity contribution in [1.82, 2.24) is 15.0 Å². The molecular weight excluding hydrogens is 669 g/mol. The van der Waals surface area contributed by atoms with E-state index in [2.05, 4.69) is 163 Å². The zero-order chi connectivity index (χ0) is 36.3. The highest BCUT2D eigenvalue weighted by Crippen LogP contribution is 2.53. The number of hydrogen-bond donors (Lipinski definition) is 0. The molecule has 0 atom stereocenters. The van der Waals surface area contributed by atoms with Gasteiger partial charge in [-0.05, 0) is 86.1 Å². The van der Waals surface area contributed by atoms with Crippen LogP contribution in [0, 0.1) is 0 Å². The molecule has 10 aromatic rings. The molecule has 11 rings (SSSR count). The maximum Gasteiger partial charge on any atom is 0.164 e. The van der Waals surface area contributed by atoms with Crippen molar-refractivity contribution in [1.29, 1.82) is 0 Å². The van der Waals surface area contributed by atoms with E-state index in [9.17, 15) is 0 Å². The Morgan fingerprint density at radius 2 is 0.873 bits per heavy atom. The summed E-state index contributed by atoms with van der Waals surface area (Å²) in [6, 6.07) is 68.9. The highest BCUT2D eigenvalue weighted by Gasteiger charge is 2.28. The monoisotopic (exact) mass is 700 g/mol. The molecule has 0 N–H and O–H groups in total. The largest absolute Gasteiger partial charge is 0.309 e. The van der Waals surface area contributed by atoms with Gasteiger partial charge in [0.25, 0.3) is 0 Å². The Hall–Kier alpha value is -7.43. The summed E-state index contributed by atoms with van der Waals surface area (Å²) in [5.41, 5.74) is 11.0. The molecule has 0 unspecified atom stereocenters. The van der Waals surface area contributed by atoms with E-state index < -0.39 is 0 Å². The van der Waals surface area contributed by atoms with E-state index in [1.54, 1.807) is 0 Å². The SMILES string of the molecule is c1ccc(-c2nc(-c3ccccc3)nc(-c3ccc4c5c(cccc35)-c3cc(-c5ccc6ccccc6c5)ccc3N4c3ccc4ccccc4c3)n2)cc1. The third-order valence-corrected chi connectivity index (χ3v) is 10.8. The maximum atomic E-state index is 5.15. The van der Waals surface area contributed by atoms with Crippen LogP contribution in [0.3, 0.4) is 0 Å². The number of anilines is 3. The number of fused-ring (bicyclic) bond motifs is 4. The first kappa shape index (κ1) is 31.1. The van der Waals surface area contributed by atoms with E-state index in [-0.39, 0.29) is 0 Å². The van der Waals surface area contributed by atoms with Gasteiger partial charge in [-0.3, -0.25) is 0 Å². The molecule has 4 nitrogen and oxygen atoms in total. The minimum absolute atomic E-state index is 0.643. The third-order valence-electron chi connectivity index (χ3n) is 10.8. The van der Waals surface area contributed by atoms with Crippen LogP contribution in [0.1, 0.15) is 0 Å². The molecule has 2 heterocycles. The van der Waals surface area contributed by atoms with Crippen molar-refractivity contribution in [3.8, 4) is 56.4 Å². The molecule has 1 aromatic heterocycles. The van der Waals surface area contributed by atoms with E-state index >= 15 is 0 Å². The van der Waals surface area contributed by atoms with Crippen LogP contribution in [0.2, 0.25) is 0 Å². The Kier molecular flexibility index (Phi) is 7.14. The van der Waals surface area contributed by atoms with Gasteiger partial charge in [0.1, 0.15) is 0 Å². The molecule has 9 aromatic carbocycles. The summed E-state index contributed by atoms with van der Waals surface area (Å²) in [6.07, 6.45) is 0. The first-order valence-corrected chi connectivity index (χ1v) is 18.6. The van der Waals surface area contributed by atoms with Gasteiger partial charge in [0.2, 0.25) is 0 Å². The lowest BCUT2D eigenvalue weighted by Gasteiger charge is -2.34. The molecule has 0 bridgehead atoms. The van der Waals surface area contributed by atoms with E-state index in [4.69, 9.17) is 15.0 Å². The Balaban J connectivity index is 1.16. The molecule has 0 saturated carbocycles. The Morgan fingerprint density at radius 1 is 0.309 bits per heavy atom. The molecule has 0 fully saturated rings. The standard InChI is InChI=1S/C51H32N4/c1-3-14-35(15-4-1)49-52-50(36-16-5-2-6-17-36)54-51(53-49)44-27-29-47-48-42(44)20-11-21-43(48)45-32-40(39-23-22-33-12-7-9-18-37(33)30-39)25-28-46(45)55(47)41-26-24-34-13-8-10-19-38(34)31-41/h1-32H. The van der Waals surface area contributed by atoms with Gasteiger partial charge in [-0.1, -0.05) is 152 Å². The van der Waals surface area contributed by atoms with Crippen LogP contribution in [0.5, 0.6) is 0 Å². The summed E-state index contributed by atoms with van der Waals surface area (Å²) in [7, 11) is 0. The van der Waals surface area contributed by atoms with Crippen LogP contribution in [-0.4, -0.2) is 15.0 Å². The van der Waals surface area contributed by atoms with Gasteiger partial charge < -0.3 is 4.90 Å². The fraction of sp³-hybridized carbons (Fsp3) is 0. The van der Waals surface area contributed by atoms with E-state index in [0.717, 1.165) is 39.1 Å². The fourth-order valence-electron chi connectivity index (χ4n) is 8.14. The summed E-state index contributed by atoms with van der Waals surface area (Å²) in [4.78, 5) is 17.7. The molecule has 0 aliphatic carbocycles. The molecule has 0 spiro atoms. The van der Waals surface area contributed by atoms with Gasteiger partial charge in [-0.15, -0.1) is 0 Å². The first-order valence-electron chi connectivity index (χ1n) is 18.6. The van der Waals surface area contributed by atoms with Crippen molar-refractivity contribution < 1.29 is 0 Å². The number of rotatable bonds is 5. The van der Waals surface area contributed by atoms with Crippen molar-refractivity contribution in [2.75, 3.05) is 4.90 Å². The van der Waals surface area contributed by atoms with Crippen molar-refractivity contribution in [3.05, 3.63) is 194 Å². The average Bonchev–Trinajstić information content (AvgIpc) is 3.26. The second kappa shape index (κ2) is 12.6. The van der Waals surface area contributed by atoms with Gasteiger partial charge in [-0.2, -0.15) is 0 Å². The quantitative estimate of drug-likeness (QED) is 0.179. The predicted octanol–water partition coefficient (Wildman–Crippen LogP) is 13.4. The lowest BCUT2D eigenvalue weighted by molar-refractivity contribution is 1.08. The number of hydrogen-bond acceptors (Lipinski definition) is 4. The van der Waals surface area contributed by atoms with Crippen molar-refractivity contribution in [2.45, 2.75) is 0 Å². The Bertz CT molecular complexity index is 3040. The smallest absolute Gasteiger partial charge is 0.164 e. The van der Waals surface area contributed by atoms with Crippen LogP contribution in [0.25, 0.3) is 88.7 Å². The number of aromatic nitrogens is 3. The highest BCUT2D eigenvalue weighted by molar-refractivity contribution is 6.17.